The van der Waals surface area contributed by atoms with Gasteiger partial charge in [-0.1, -0.05) is 48.0 Å². The van der Waals surface area contributed by atoms with Gasteiger partial charge in [0.15, 0.2) is 5.76 Å². The van der Waals surface area contributed by atoms with Gasteiger partial charge in [0.1, 0.15) is 17.9 Å². The van der Waals surface area contributed by atoms with E-state index in [-0.39, 0.29) is 11.5 Å². The minimum Gasteiger partial charge on any atom is -0.492 e. The molecule has 0 bridgehead atoms. The van der Waals surface area contributed by atoms with Crippen LogP contribution < -0.4 is 4.74 Å². The Hall–Kier alpha value is -3.85. The molecule has 0 spiro atoms. The first-order chi connectivity index (χ1) is 19.8. The highest BCUT2D eigenvalue weighted by atomic mass is 32.2. The molecular weight excluding hydrogens is 538 g/mol. The summed E-state index contributed by atoms with van der Waals surface area (Å²) >= 11 is 0. The number of nitrogens with zero attached hydrogens (tertiary/aromatic N) is 1. The number of para-hydroxylation sites is 1. The number of aromatic nitrogens is 1. The van der Waals surface area contributed by atoms with Crippen LogP contribution >= 0.6 is 0 Å². The second-order valence-electron chi connectivity index (χ2n) is 9.99. The SMILES string of the molecule is CCO[C@H](COS(=O)(=O)c1ccc(C)cc1)Cc1ccc(OCCn2c(C)ccc2-c2cc3ccccc3o2)cc1. The standard InChI is InChI=1S/C33H35NO6S/c1-4-37-29(23-39-41(35,36)30-16-9-24(2)10-17-30)21-26-12-14-28(15-13-26)38-20-19-34-25(3)11-18-31(34)33-22-27-7-5-6-8-32(27)40-33/h5-18,22,29H,4,19-21,23H2,1-3H3/t29-/m0/s1. The van der Waals surface area contributed by atoms with Gasteiger partial charge >= 0.3 is 0 Å². The third-order valence-electron chi connectivity index (χ3n) is 6.97. The first-order valence-electron chi connectivity index (χ1n) is 13.8. The average molecular weight is 574 g/mol. The van der Waals surface area contributed by atoms with Crippen LogP contribution in [0.25, 0.3) is 22.4 Å². The highest BCUT2D eigenvalue weighted by molar-refractivity contribution is 7.86. The predicted octanol–water partition coefficient (Wildman–Crippen LogP) is 6.95. The summed E-state index contributed by atoms with van der Waals surface area (Å²) < 4.78 is 50.6. The van der Waals surface area contributed by atoms with Gasteiger partial charge in [-0.05, 0) is 74.9 Å². The van der Waals surface area contributed by atoms with E-state index in [0.717, 1.165) is 45.0 Å². The summed E-state index contributed by atoms with van der Waals surface area (Å²) in [6.07, 6.45) is 0.112. The predicted molar refractivity (Wildman–Crippen MR) is 160 cm³/mol. The van der Waals surface area contributed by atoms with Crippen molar-refractivity contribution in [3.63, 3.8) is 0 Å². The number of aryl methyl sites for hydroxylation is 2. The molecule has 0 aliphatic rings. The lowest BCUT2D eigenvalue weighted by molar-refractivity contribution is 0.0299. The van der Waals surface area contributed by atoms with Crippen LogP contribution in [0.4, 0.5) is 0 Å². The van der Waals surface area contributed by atoms with Crippen LogP contribution in [0.5, 0.6) is 5.75 Å². The maximum absolute atomic E-state index is 12.6. The van der Waals surface area contributed by atoms with Crippen molar-refractivity contribution in [2.45, 2.75) is 44.7 Å². The fourth-order valence-corrected chi connectivity index (χ4v) is 5.71. The molecule has 0 radical (unpaired) electrons. The van der Waals surface area contributed by atoms with Crippen LogP contribution in [0.15, 0.2) is 100 Å². The molecule has 3 aromatic carbocycles. The van der Waals surface area contributed by atoms with Gasteiger partial charge in [-0.2, -0.15) is 8.42 Å². The van der Waals surface area contributed by atoms with E-state index in [2.05, 4.69) is 29.7 Å². The second kappa shape index (κ2) is 12.8. The third kappa shape index (κ3) is 7.08. The Morgan fingerprint density at radius 1 is 0.902 bits per heavy atom. The Kier molecular flexibility index (Phi) is 8.93. The van der Waals surface area contributed by atoms with E-state index in [4.69, 9.17) is 18.1 Å². The molecule has 0 N–H and O–H groups in total. The largest absolute Gasteiger partial charge is 0.492 e. The number of ether oxygens (including phenoxy) is 2. The number of benzene rings is 3. The molecule has 0 unspecified atom stereocenters. The molecular formula is C33H35NO6S. The molecule has 2 heterocycles. The summed E-state index contributed by atoms with van der Waals surface area (Å²) in [4.78, 5) is 0.139. The van der Waals surface area contributed by atoms with Crippen LogP contribution in [-0.2, 0) is 32.0 Å². The van der Waals surface area contributed by atoms with Gasteiger partial charge in [0, 0.05) is 24.1 Å². The molecule has 5 rings (SSSR count). The minimum absolute atomic E-state index is 0.0634. The molecule has 2 aromatic heterocycles. The van der Waals surface area contributed by atoms with Crippen LogP contribution in [0, 0.1) is 13.8 Å². The molecule has 0 saturated carbocycles. The van der Waals surface area contributed by atoms with E-state index in [9.17, 15) is 8.42 Å². The summed E-state index contributed by atoms with van der Waals surface area (Å²) in [5, 5.41) is 1.08. The third-order valence-corrected chi connectivity index (χ3v) is 8.26. The van der Waals surface area contributed by atoms with Crippen molar-refractivity contribution in [3.05, 3.63) is 108 Å². The Morgan fingerprint density at radius 3 is 2.39 bits per heavy atom. The number of hydrogen-bond donors (Lipinski definition) is 0. The topological polar surface area (TPSA) is 79.9 Å². The van der Waals surface area contributed by atoms with E-state index in [1.165, 1.54) is 0 Å². The minimum atomic E-state index is -3.86. The quantitative estimate of drug-likeness (QED) is 0.142. The zero-order valence-corrected chi connectivity index (χ0v) is 24.4. The van der Waals surface area contributed by atoms with E-state index in [1.54, 1.807) is 24.3 Å². The summed E-state index contributed by atoms with van der Waals surface area (Å²) in [7, 11) is -3.86. The first-order valence-corrected chi connectivity index (χ1v) is 15.2. The summed E-state index contributed by atoms with van der Waals surface area (Å²) in [5.74, 6) is 1.60. The van der Waals surface area contributed by atoms with Gasteiger partial charge in [-0.3, -0.25) is 4.18 Å². The summed E-state index contributed by atoms with van der Waals surface area (Å²) in [6.45, 7) is 7.42. The molecule has 0 aliphatic carbocycles. The summed E-state index contributed by atoms with van der Waals surface area (Å²) in [5.41, 5.74) is 5.01. The summed E-state index contributed by atoms with van der Waals surface area (Å²) in [6, 6.07) is 28.6. The van der Waals surface area contributed by atoms with E-state index >= 15 is 0 Å². The van der Waals surface area contributed by atoms with Crippen molar-refractivity contribution < 1.29 is 26.5 Å². The maximum Gasteiger partial charge on any atom is 0.297 e. The maximum atomic E-state index is 12.6. The van der Waals surface area contributed by atoms with Gasteiger partial charge in [-0.25, -0.2) is 0 Å². The Balaban J connectivity index is 1.16. The lowest BCUT2D eigenvalue weighted by Crippen LogP contribution is -2.24. The molecule has 1 atom stereocenters. The highest BCUT2D eigenvalue weighted by Gasteiger charge is 2.19. The normalized spacial score (nSPS) is 12.6. The van der Waals surface area contributed by atoms with Gasteiger partial charge < -0.3 is 18.5 Å². The van der Waals surface area contributed by atoms with E-state index in [1.807, 2.05) is 62.4 Å². The smallest absolute Gasteiger partial charge is 0.297 e. The number of fused-ring (bicyclic) bond motifs is 1. The Labute approximate surface area is 241 Å². The fraction of sp³-hybridized carbons (Fsp3) is 0.273. The molecule has 0 aliphatic heterocycles. The number of rotatable bonds is 13. The Bertz CT molecular complexity index is 1650. The van der Waals surface area contributed by atoms with Crippen molar-refractivity contribution in [1.29, 1.82) is 0 Å². The zero-order valence-electron chi connectivity index (χ0n) is 23.6. The highest BCUT2D eigenvalue weighted by Crippen LogP contribution is 2.29. The molecule has 7 nitrogen and oxygen atoms in total. The van der Waals surface area contributed by atoms with Gasteiger partial charge in [0.05, 0.1) is 29.8 Å². The lowest BCUT2D eigenvalue weighted by Gasteiger charge is -2.17. The molecule has 0 saturated heterocycles. The van der Waals surface area contributed by atoms with Crippen LogP contribution in [0.2, 0.25) is 0 Å². The van der Waals surface area contributed by atoms with Gasteiger partial charge in [0.25, 0.3) is 10.1 Å². The van der Waals surface area contributed by atoms with Crippen molar-refractivity contribution in [1.82, 2.24) is 4.57 Å². The van der Waals surface area contributed by atoms with Gasteiger partial charge in [0.2, 0.25) is 0 Å². The van der Waals surface area contributed by atoms with Crippen LogP contribution in [0.1, 0.15) is 23.7 Å². The monoisotopic (exact) mass is 573 g/mol. The zero-order chi connectivity index (χ0) is 28.8. The first kappa shape index (κ1) is 28.7. The van der Waals surface area contributed by atoms with Gasteiger partial charge in [-0.15, -0.1) is 0 Å². The van der Waals surface area contributed by atoms with Crippen molar-refractivity contribution in [3.8, 4) is 17.2 Å². The number of hydrogen-bond acceptors (Lipinski definition) is 6. The van der Waals surface area contributed by atoms with E-state index in [0.29, 0.717) is 26.2 Å². The van der Waals surface area contributed by atoms with Crippen molar-refractivity contribution in [2.24, 2.45) is 0 Å². The molecule has 0 fully saturated rings. The average Bonchev–Trinajstić information content (AvgIpc) is 3.56. The van der Waals surface area contributed by atoms with E-state index < -0.39 is 16.2 Å². The van der Waals surface area contributed by atoms with Crippen molar-refractivity contribution >= 4 is 21.1 Å². The van der Waals surface area contributed by atoms with Crippen molar-refractivity contribution in [2.75, 3.05) is 19.8 Å². The molecule has 5 aromatic rings. The van der Waals surface area contributed by atoms with Crippen LogP contribution in [-0.4, -0.2) is 38.9 Å². The number of furan rings is 1. The molecule has 41 heavy (non-hydrogen) atoms. The fourth-order valence-electron chi connectivity index (χ4n) is 4.77. The second-order valence-corrected chi connectivity index (χ2v) is 11.6. The molecule has 8 heteroatoms. The molecule has 0 amide bonds. The lowest BCUT2D eigenvalue weighted by atomic mass is 10.1. The Morgan fingerprint density at radius 2 is 1.66 bits per heavy atom. The molecule has 214 valence electrons. The van der Waals surface area contributed by atoms with Crippen LogP contribution in [0.3, 0.4) is 0 Å².